The summed E-state index contributed by atoms with van der Waals surface area (Å²) in [6.45, 7) is 1.49. The molecule has 0 aliphatic rings. The van der Waals surface area contributed by atoms with E-state index in [1.165, 1.54) is 23.7 Å². The number of aromatic hydroxyl groups is 1. The Hall–Kier alpha value is -3.28. The van der Waals surface area contributed by atoms with E-state index < -0.39 is 56.5 Å². The molecule has 1 aromatic heterocycles. The molecule has 0 saturated heterocycles. The number of phenolic OH excluding ortho intramolecular Hbond substituents is 1. The van der Waals surface area contributed by atoms with Crippen molar-refractivity contribution in [3.05, 3.63) is 48.3 Å². The lowest BCUT2D eigenvalue weighted by Gasteiger charge is -2.15. The molecule has 0 radical (unpaired) electrons. The quantitative estimate of drug-likeness (QED) is 0.234. The van der Waals surface area contributed by atoms with Crippen molar-refractivity contribution >= 4 is 57.8 Å². The van der Waals surface area contributed by atoms with E-state index in [1.807, 2.05) is 0 Å². The molecule has 0 atom stereocenters. The molecule has 0 fully saturated rings. The van der Waals surface area contributed by atoms with Crippen molar-refractivity contribution in [2.24, 2.45) is 0 Å². The molecule has 4 rings (SSSR count). The van der Waals surface area contributed by atoms with Crippen molar-refractivity contribution in [2.45, 2.75) is 21.6 Å². The first-order chi connectivity index (χ1) is 15.6. The van der Waals surface area contributed by atoms with Gasteiger partial charge in [-0.15, -0.1) is 0 Å². The highest BCUT2D eigenvalue weighted by Crippen LogP contribution is 2.36. The molecule has 0 spiro atoms. The number of aromatic nitrogens is 2. The van der Waals surface area contributed by atoms with E-state index in [2.05, 4.69) is 10.4 Å². The minimum absolute atomic E-state index is 0.0670. The number of aryl methyl sites for hydroxylation is 1. The molecule has 3 aromatic carbocycles. The largest absolute Gasteiger partial charge is 0.507 e. The second kappa shape index (κ2) is 7.62. The van der Waals surface area contributed by atoms with E-state index in [9.17, 15) is 44.0 Å². The molecule has 0 aliphatic carbocycles. The number of hydrogen-bond acceptors (Lipinski definition) is 9. The lowest BCUT2D eigenvalue weighted by molar-refractivity contribution is 0.471. The molecule has 0 unspecified atom stereocenters. The number of hydrogen-bond donors (Lipinski definition) is 5. The first-order valence-corrected chi connectivity index (χ1v) is 13.4. The molecule has 0 bridgehead atoms. The predicted molar refractivity (Wildman–Crippen MR) is 119 cm³/mol. The molecule has 16 heteroatoms. The first-order valence-electron chi connectivity index (χ1n) is 9.06. The maximum Gasteiger partial charge on any atom is 0.296 e. The van der Waals surface area contributed by atoms with Gasteiger partial charge in [-0.05, 0) is 42.6 Å². The van der Waals surface area contributed by atoms with Gasteiger partial charge in [-0.2, -0.15) is 25.3 Å². The summed E-state index contributed by atoms with van der Waals surface area (Å²) in [6, 6.07) is 7.13. The molecule has 0 amide bonds. The van der Waals surface area contributed by atoms with E-state index in [-0.39, 0.29) is 27.6 Å². The molecule has 13 nitrogen and oxygen atoms in total. The number of phenols is 1. The zero-order valence-electron chi connectivity index (χ0n) is 16.9. The van der Waals surface area contributed by atoms with Gasteiger partial charge in [-0.1, -0.05) is 6.07 Å². The summed E-state index contributed by atoms with van der Waals surface area (Å²) in [5.41, 5.74) is 2.56. The Bertz CT molecular complexity index is 1830. The van der Waals surface area contributed by atoms with Crippen molar-refractivity contribution in [3.8, 4) is 5.75 Å². The van der Waals surface area contributed by atoms with Crippen LogP contribution in [0.1, 0.15) is 5.82 Å². The van der Waals surface area contributed by atoms with Gasteiger partial charge < -0.3 is 5.11 Å². The number of nitrogens with one attached hydrogen (secondary N) is 1. The highest BCUT2D eigenvalue weighted by Gasteiger charge is 2.23. The van der Waals surface area contributed by atoms with Gasteiger partial charge >= 0.3 is 0 Å². The van der Waals surface area contributed by atoms with Crippen LogP contribution in [0.5, 0.6) is 5.75 Å². The lowest BCUT2D eigenvalue weighted by atomic mass is 10.1. The van der Waals surface area contributed by atoms with Crippen LogP contribution in [0.3, 0.4) is 0 Å². The summed E-state index contributed by atoms with van der Waals surface area (Å²) in [5, 5.41) is 10.8. The third kappa shape index (κ3) is 4.17. The van der Waals surface area contributed by atoms with Gasteiger partial charge in [-0.25, -0.2) is 9.66 Å². The molecule has 4 aromatic rings. The average Bonchev–Trinajstić information content (AvgIpc) is 3.00. The van der Waals surface area contributed by atoms with Crippen LogP contribution in [0.4, 0.5) is 5.69 Å². The summed E-state index contributed by atoms with van der Waals surface area (Å²) in [6.07, 6.45) is 0. The molecule has 180 valence electrons. The van der Waals surface area contributed by atoms with Crippen LogP contribution < -0.4 is 5.43 Å². The topological polar surface area (TPSA) is 213 Å². The van der Waals surface area contributed by atoms with Crippen LogP contribution >= 0.6 is 0 Å². The molecule has 0 aliphatic heterocycles. The average molecular weight is 530 g/mol. The zero-order chi connectivity index (χ0) is 25.2. The monoisotopic (exact) mass is 529 g/mol. The number of anilines is 1. The van der Waals surface area contributed by atoms with Gasteiger partial charge in [-0.3, -0.25) is 19.1 Å². The SMILES string of the molecule is Cc1nc2ccc3cc(S(=O)(=O)O)cc(O)c3c2n1Nc1cc(S(=O)(=O)O)ccc1S(=O)(=O)O. The summed E-state index contributed by atoms with van der Waals surface area (Å²) in [7, 11) is -14.2. The standard InChI is InChI=1S/C18H15N3O10S3/c1-9-19-13-4-2-10-6-12(33(26,27)28)8-15(22)17(10)18(13)21(9)20-14-7-11(32(23,24)25)3-5-16(14)34(29,30)31/h2-8,20,22H,1H3,(H,23,24,25)(H,26,27,28)(H,29,30,31). The van der Waals surface area contributed by atoms with Gasteiger partial charge in [0.1, 0.15) is 22.0 Å². The Kier molecular flexibility index (Phi) is 5.35. The third-order valence-electron chi connectivity index (χ3n) is 4.91. The van der Waals surface area contributed by atoms with Crippen molar-refractivity contribution in [1.82, 2.24) is 9.66 Å². The Balaban J connectivity index is 2.04. The fourth-order valence-corrected chi connectivity index (χ4v) is 5.14. The minimum atomic E-state index is -4.85. The number of benzene rings is 3. The first kappa shape index (κ1) is 23.9. The molecular weight excluding hydrogens is 514 g/mol. The summed E-state index contributed by atoms with van der Waals surface area (Å²) < 4.78 is 99.2. The normalized spacial score (nSPS) is 12.9. The molecule has 1 heterocycles. The predicted octanol–water partition coefficient (Wildman–Crippen LogP) is 1.82. The highest BCUT2D eigenvalue weighted by molar-refractivity contribution is 7.86. The molecule has 0 saturated carbocycles. The van der Waals surface area contributed by atoms with Crippen molar-refractivity contribution in [3.63, 3.8) is 0 Å². The molecular formula is C18H15N3O10S3. The van der Waals surface area contributed by atoms with E-state index in [0.29, 0.717) is 0 Å². The number of nitrogens with zero attached hydrogens (tertiary/aromatic N) is 2. The van der Waals surface area contributed by atoms with Crippen LogP contribution in [0.25, 0.3) is 21.8 Å². The smallest absolute Gasteiger partial charge is 0.296 e. The Morgan fingerprint density at radius 2 is 1.47 bits per heavy atom. The lowest BCUT2D eigenvalue weighted by Crippen LogP contribution is -2.15. The second-order valence-corrected chi connectivity index (χ2v) is 11.4. The van der Waals surface area contributed by atoms with Crippen LogP contribution in [-0.4, -0.2) is 53.7 Å². The van der Waals surface area contributed by atoms with E-state index in [0.717, 1.165) is 30.3 Å². The van der Waals surface area contributed by atoms with Crippen LogP contribution in [-0.2, 0) is 30.4 Å². The number of fused-ring (bicyclic) bond motifs is 3. The van der Waals surface area contributed by atoms with E-state index in [1.54, 1.807) is 0 Å². The number of rotatable bonds is 5. The van der Waals surface area contributed by atoms with Gasteiger partial charge in [0.05, 0.1) is 26.4 Å². The minimum Gasteiger partial charge on any atom is -0.507 e. The molecule has 5 N–H and O–H groups in total. The van der Waals surface area contributed by atoms with E-state index in [4.69, 9.17) is 0 Å². The zero-order valence-corrected chi connectivity index (χ0v) is 19.3. The number of imidazole rings is 1. The summed E-state index contributed by atoms with van der Waals surface area (Å²) in [4.78, 5) is 2.32. The van der Waals surface area contributed by atoms with Gasteiger partial charge in [0, 0.05) is 6.07 Å². The fraction of sp³-hybridized carbons (Fsp3) is 0.0556. The maximum absolute atomic E-state index is 11.8. The van der Waals surface area contributed by atoms with Gasteiger partial charge in [0.25, 0.3) is 30.4 Å². The summed E-state index contributed by atoms with van der Waals surface area (Å²) >= 11 is 0. The second-order valence-electron chi connectivity index (χ2n) is 7.16. The van der Waals surface area contributed by atoms with Crippen LogP contribution in [0, 0.1) is 6.92 Å². The van der Waals surface area contributed by atoms with Gasteiger partial charge in [0.2, 0.25) is 0 Å². The van der Waals surface area contributed by atoms with Crippen molar-refractivity contribution in [1.29, 1.82) is 0 Å². The van der Waals surface area contributed by atoms with Gasteiger partial charge in [0.15, 0.2) is 0 Å². The van der Waals surface area contributed by atoms with E-state index >= 15 is 0 Å². The Labute approximate surface area is 192 Å². The van der Waals surface area contributed by atoms with Crippen LogP contribution in [0.15, 0.2) is 57.2 Å². The fourth-order valence-electron chi connectivity index (χ4n) is 3.48. The van der Waals surface area contributed by atoms with Crippen LogP contribution in [0.2, 0.25) is 0 Å². The highest BCUT2D eigenvalue weighted by atomic mass is 32.2. The Morgan fingerprint density at radius 3 is 2.06 bits per heavy atom. The summed E-state index contributed by atoms with van der Waals surface area (Å²) in [5.74, 6) is -0.361. The maximum atomic E-state index is 11.8. The Morgan fingerprint density at radius 1 is 0.824 bits per heavy atom. The van der Waals surface area contributed by atoms with Crippen molar-refractivity contribution < 1.29 is 44.0 Å². The van der Waals surface area contributed by atoms with Crippen molar-refractivity contribution in [2.75, 3.05) is 5.43 Å². The molecule has 34 heavy (non-hydrogen) atoms. The third-order valence-corrected chi connectivity index (χ3v) is 7.50.